The Balaban J connectivity index is 0. The van der Waals surface area contributed by atoms with Crippen molar-refractivity contribution in [2.45, 2.75) is 60.8 Å². The van der Waals surface area contributed by atoms with E-state index in [1.165, 1.54) is 36.5 Å². The van der Waals surface area contributed by atoms with Gasteiger partial charge in [-0.3, -0.25) is 0 Å². The molecule has 0 unspecified atom stereocenters. The van der Waals surface area contributed by atoms with Crippen molar-refractivity contribution < 1.29 is 0 Å². The van der Waals surface area contributed by atoms with Gasteiger partial charge in [0.15, 0.2) is 0 Å². The fourth-order valence-electron chi connectivity index (χ4n) is 1.13. The van der Waals surface area contributed by atoms with Crippen LogP contribution in [0.3, 0.4) is 0 Å². The summed E-state index contributed by atoms with van der Waals surface area (Å²) < 4.78 is 0. The van der Waals surface area contributed by atoms with Gasteiger partial charge in [0.2, 0.25) is 0 Å². The maximum absolute atomic E-state index is 2.18. The Labute approximate surface area is 120 Å². The molecule has 0 nitrogen and oxygen atoms in total. The normalized spacial score (nSPS) is 8.42. The first-order valence-corrected chi connectivity index (χ1v) is 7.23. The van der Waals surface area contributed by atoms with Gasteiger partial charge in [0.1, 0.15) is 0 Å². The molecule has 0 radical (unpaired) electrons. The minimum atomic E-state index is 0. The topological polar surface area (TPSA) is 0 Å². The van der Waals surface area contributed by atoms with Crippen molar-refractivity contribution in [2.75, 3.05) is 0 Å². The second-order valence-electron chi connectivity index (χ2n) is 4.35. The highest BCUT2D eigenvalue weighted by atomic mass is 13.9. The van der Waals surface area contributed by atoms with Crippen LogP contribution in [0.1, 0.15) is 60.8 Å². The van der Waals surface area contributed by atoms with Gasteiger partial charge >= 0.3 is 0 Å². The van der Waals surface area contributed by atoms with Crippen LogP contribution in [-0.2, 0) is 0 Å². The summed E-state index contributed by atoms with van der Waals surface area (Å²) in [4.78, 5) is 0. The molecule has 0 aliphatic heterocycles. The Morgan fingerprint density at radius 3 is 0.895 bits per heavy atom. The van der Waals surface area contributed by atoms with E-state index in [1.807, 2.05) is 0 Å². The molecule has 2 aromatic carbocycles. The summed E-state index contributed by atoms with van der Waals surface area (Å²) in [5.41, 5.74) is 0. The molecule has 0 saturated carbocycles. The summed E-state index contributed by atoms with van der Waals surface area (Å²) >= 11 is 0. The molecule has 0 bridgehead atoms. The quantitative estimate of drug-likeness (QED) is 0.540. The van der Waals surface area contributed by atoms with E-state index in [4.69, 9.17) is 0 Å². The average molecular weight is 260 g/mol. The lowest BCUT2D eigenvalue weighted by molar-refractivity contribution is 0.886. The highest BCUT2D eigenvalue weighted by molar-refractivity contribution is 5.81. The van der Waals surface area contributed by atoms with E-state index >= 15 is 0 Å². The maximum atomic E-state index is 2.18. The van der Waals surface area contributed by atoms with Crippen LogP contribution in [0.2, 0.25) is 0 Å². The largest absolute Gasteiger partial charge is 0.0776 e. The molecular formula is C19H32. The maximum Gasteiger partial charge on any atom is -0.0184 e. The molecule has 0 spiro atoms. The Morgan fingerprint density at radius 2 is 0.737 bits per heavy atom. The molecule has 0 heterocycles. The van der Waals surface area contributed by atoms with Gasteiger partial charge in [0, 0.05) is 0 Å². The van der Waals surface area contributed by atoms with Gasteiger partial charge in [-0.15, -0.1) is 0 Å². The van der Waals surface area contributed by atoms with Crippen LogP contribution in [0.4, 0.5) is 0 Å². The molecule has 0 atom stereocenters. The lowest BCUT2D eigenvalue weighted by Crippen LogP contribution is -1.67. The molecule has 0 fully saturated rings. The Kier molecular flexibility index (Phi) is 15.6. The van der Waals surface area contributed by atoms with Crippen LogP contribution in [-0.4, -0.2) is 0 Å². The lowest BCUT2D eigenvalue weighted by Gasteiger charge is -1.92. The number of benzene rings is 2. The Morgan fingerprint density at radius 1 is 0.526 bits per heavy atom. The summed E-state index contributed by atoms with van der Waals surface area (Å²) in [6, 6.07) is 16.7. The SMILES string of the molecule is C.CCCC.CCCC.c1ccc2ccccc2c1. The second kappa shape index (κ2) is 14.8. The monoisotopic (exact) mass is 260 g/mol. The van der Waals surface area contributed by atoms with E-state index in [0.717, 1.165) is 0 Å². The molecule has 0 saturated heterocycles. The van der Waals surface area contributed by atoms with Gasteiger partial charge in [0.05, 0.1) is 0 Å². The van der Waals surface area contributed by atoms with E-state index in [9.17, 15) is 0 Å². The van der Waals surface area contributed by atoms with Crippen LogP contribution in [0.15, 0.2) is 48.5 Å². The molecule has 2 aromatic rings. The Bertz CT molecular complexity index is 316. The highest BCUT2D eigenvalue weighted by Crippen LogP contribution is 2.11. The minimum absolute atomic E-state index is 0. The van der Waals surface area contributed by atoms with Crippen molar-refractivity contribution >= 4 is 10.8 Å². The van der Waals surface area contributed by atoms with E-state index in [-0.39, 0.29) is 7.43 Å². The molecular weight excluding hydrogens is 228 g/mol. The van der Waals surface area contributed by atoms with Crippen LogP contribution in [0, 0.1) is 0 Å². The molecule has 2 rings (SSSR count). The van der Waals surface area contributed by atoms with Gasteiger partial charge in [-0.2, -0.15) is 0 Å². The summed E-state index contributed by atoms with van der Waals surface area (Å²) in [6.07, 6.45) is 5.28. The lowest BCUT2D eigenvalue weighted by atomic mass is 10.1. The van der Waals surface area contributed by atoms with Gasteiger partial charge < -0.3 is 0 Å². The molecule has 0 amide bonds. The third-order valence-corrected chi connectivity index (χ3v) is 2.66. The second-order valence-corrected chi connectivity index (χ2v) is 4.35. The van der Waals surface area contributed by atoms with Crippen molar-refractivity contribution in [3.63, 3.8) is 0 Å². The first-order valence-electron chi connectivity index (χ1n) is 7.23. The van der Waals surface area contributed by atoms with Gasteiger partial charge in [-0.1, -0.05) is 109 Å². The molecule has 0 aliphatic carbocycles. The molecule has 108 valence electrons. The van der Waals surface area contributed by atoms with E-state index in [1.54, 1.807) is 0 Å². The van der Waals surface area contributed by atoms with Crippen LogP contribution in [0.5, 0.6) is 0 Å². The van der Waals surface area contributed by atoms with Crippen molar-refractivity contribution in [3.05, 3.63) is 48.5 Å². The van der Waals surface area contributed by atoms with Crippen molar-refractivity contribution in [1.29, 1.82) is 0 Å². The van der Waals surface area contributed by atoms with Crippen LogP contribution in [0.25, 0.3) is 10.8 Å². The smallest absolute Gasteiger partial charge is 0.0184 e. The van der Waals surface area contributed by atoms with E-state index in [0.29, 0.717) is 0 Å². The number of rotatable bonds is 2. The molecule has 0 aliphatic rings. The zero-order chi connectivity index (χ0) is 13.6. The summed E-state index contributed by atoms with van der Waals surface area (Å²) in [7, 11) is 0. The zero-order valence-electron chi connectivity index (χ0n) is 12.4. The van der Waals surface area contributed by atoms with Crippen molar-refractivity contribution in [3.8, 4) is 0 Å². The fourth-order valence-corrected chi connectivity index (χ4v) is 1.13. The van der Waals surface area contributed by atoms with Gasteiger partial charge in [-0.05, 0) is 10.8 Å². The Hall–Kier alpha value is -1.30. The number of fused-ring (bicyclic) bond motifs is 1. The summed E-state index contributed by atoms with van der Waals surface area (Å²) in [5.74, 6) is 0. The summed E-state index contributed by atoms with van der Waals surface area (Å²) in [5, 5.41) is 2.62. The third kappa shape index (κ3) is 10.3. The van der Waals surface area contributed by atoms with Crippen LogP contribution < -0.4 is 0 Å². The fraction of sp³-hybridized carbons (Fsp3) is 0.474. The molecule has 0 heteroatoms. The van der Waals surface area contributed by atoms with Gasteiger partial charge in [-0.25, -0.2) is 0 Å². The zero-order valence-corrected chi connectivity index (χ0v) is 12.4. The number of unbranched alkanes of at least 4 members (excludes halogenated alkanes) is 2. The summed E-state index contributed by atoms with van der Waals surface area (Å²) in [6.45, 7) is 8.72. The van der Waals surface area contributed by atoms with Crippen molar-refractivity contribution in [2.24, 2.45) is 0 Å². The highest BCUT2D eigenvalue weighted by Gasteiger charge is 1.85. The van der Waals surface area contributed by atoms with Crippen molar-refractivity contribution in [1.82, 2.24) is 0 Å². The van der Waals surface area contributed by atoms with E-state index in [2.05, 4.69) is 76.2 Å². The number of hydrogen-bond donors (Lipinski definition) is 0. The molecule has 0 aromatic heterocycles. The number of hydrogen-bond acceptors (Lipinski definition) is 0. The van der Waals surface area contributed by atoms with E-state index < -0.39 is 0 Å². The average Bonchev–Trinajstić information content (AvgIpc) is 2.48. The third-order valence-electron chi connectivity index (χ3n) is 2.66. The van der Waals surface area contributed by atoms with Gasteiger partial charge in [0.25, 0.3) is 0 Å². The predicted molar refractivity (Wildman–Crippen MR) is 91.8 cm³/mol. The first kappa shape index (κ1) is 20.0. The first-order chi connectivity index (χ1) is 8.79. The predicted octanol–water partition coefficient (Wildman–Crippen LogP) is 7.09. The standard InChI is InChI=1S/C10H8.2C4H10.CH4/c1-2-6-10-8-4-3-7-9(10)5-1;2*1-3-4-2;/h1-8H;2*3-4H2,1-2H3;1H4. The molecule has 0 N–H and O–H groups in total. The minimum Gasteiger partial charge on any atom is -0.0776 e. The van der Waals surface area contributed by atoms with Crippen LogP contribution >= 0.6 is 0 Å². The molecule has 19 heavy (non-hydrogen) atoms.